The van der Waals surface area contributed by atoms with Crippen LogP contribution in [0.5, 0.6) is 0 Å². The highest BCUT2D eigenvalue weighted by Gasteiger charge is 2.28. The number of amides is 1. The van der Waals surface area contributed by atoms with E-state index in [0.29, 0.717) is 16.0 Å². The van der Waals surface area contributed by atoms with Crippen LogP contribution in [-0.4, -0.2) is 10.9 Å². The Morgan fingerprint density at radius 1 is 1.21 bits per heavy atom. The molecule has 1 unspecified atom stereocenters. The summed E-state index contributed by atoms with van der Waals surface area (Å²) < 4.78 is 0. The Hall–Kier alpha value is -1.58. The first kappa shape index (κ1) is 17.2. The fourth-order valence-corrected chi connectivity index (χ4v) is 3.82. The maximum absolute atomic E-state index is 12.6. The van der Waals surface area contributed by atoms with Crippen LogP contribution in [0.2, 0.25) is 10.0 Å². The van der Waals surface area contributed by atoms with Crippen LogP contribution in [0.3, 0.4) is 0 Å². The van der Waals surface area contributed by atoms with Crippen LogP contribution in [0, 0.1) is 5.92 Å². The molecule has 1 aromatic heterocycles. The Bertz CT molecular complexity index is 700. The van der Waals surface area contributed by atoms with Gasteiger partial charge in [0.05, 0.1) is 18.2 Å². The number of rotatable bonds is 5. The van der Waals surface area contributed by atoms with E-state index < -0.39 is 0 Å². The second kappa shape index (κ2) is 8.00. The van der Waals surface area contributed by atoms with Crippen molar-refractivity contribution in [3.8, 4) is 0 Å². The molecule has 1 fully saturated rings. The summed E-state index contributed by atoms with van der Waals surface area (Å²) in [4.78, 5) is 17.0. The Labute approximate surface area is 152 Å². The van der Waals surface area contributed by atoms with Gasteiger partial charge in [-0.3, -0.25) is 9.78 Å². The molecule has 0 spiro atoms. The smallest absolute Gasteiger partial charge is 0.225 e. The summed E-state index contributed by atoms with van der Waals surface area (Å²) in [5.74, 6) is 0.409. The summed E-state index contributed by atoms with van der Waals surface area (Å²) in [6.45, 7) is 0. The third-order valence-electron chi connectivity index (χ3n) is 4.56. The molecule has 1 amide bonds. The number of carbonyl (C=O) groups excluding carboxylic acids is 1. The van der Waals surface area contributed by atoms with E-state index >= 15 is 0 Å². The molecule has 0 radical (unpaired) electrons. The van der Waals surface area contributed by atoms with Gasteiger partial charge in [0.25, 0.3) is 0 Å². The number of aromatic nitrogens is 1. The van der Waals surface area contributed by atoms with Crippen molar-refractivity contribution >= 4 is 29.1 Å². The molecular weight excluding hydrogens is 343 g/mol. The molecule has 1 aliphatic rings. The van der Waals surface area contributed by atoms with Gasteiger partial charge in [-0.2, -0.15) is 0 Å². The van der Waals surface area contributed by atoms with Crippen LogP contribution in [0.15, 0.2) is 42.6 Å². The topological polar surface area (TPSA) is 42.0 Å². The van der Waals surface area contributed by atoms with Gasteiger partial charge in [-0.05, 0) is 48.6 Å². The lowest BCUT2D eigenvalue weighted by Crippen LogP contribution is -2.34. The van der Waals surface area contributed by atoms with E-state index in [1.165, 1.54) is 12.8 Å². The van der Waals surface area contributed by atoms with E-state index in [1.54, 1.807) is 24.4 Å². The number of nitrogens with one attached hydrogen (secondary N) is 1. The van der Waals surface area contributed by atoms with Gasteiger partial charge in [-0.25, -0.2) is 0 Å². The first-order valence-electron chi connectivity index (χ1n) is 8.27. The van der Waals surface area contributed by atoms with Crippen LogP contribution >= 0.6 is 23.2 Å². The minimum absolute atomic E-state index is 0.0349. The van der Waals surface area contributed by atoms with Crippen molar-refractivity contribution in [2.24, 2.45) is 5.92 Å². The Balaban J connectivity index is 1.73. The van der Waals surface area contributed by atoms with Crippen LogP contribution in [-0.2, 0) is 11.2 Å². The fourth-order valence-electron chi connectivity index (χ4n) is 3.35. The zero-order chi connectivity index (χ0) is 16.9. The Morgan fingerprint density at radius 3 is 2.67 bits per heavy atom. The van der Waals surface area contributed by atoms with E-state index in [1.807, 2.05) is 18.2 Å². The van der Waals surface area contributed by atoms with Crippen molar-refractivity contribution in [1.29, 1.82) is 0 Å². The number of hydrogen-bond donors (Lipinski definition) is 1. The van der Waals surface area contributed by atoms with Gasteiger partial charge < -0.3 is 5.32 Å². The highest BCUT2D eigenvalue weighted by Crippen LogP contribution is 2.35. The minimum atomic E-state index is -0.0400. The third kappa shape index (κ3) is 4.28. The molecule has 2 aromatic rings. The Kier molecular flexibility index (Phi) is 5.75. The molecule has 1 saturated carbocycles. The highest BCUT2D eigenvalue weighted by atomic mass is 35.5. The van der Waals surface area contributed by atoms with Gasteiger partial charge >= 0.3 is 0 Å². The monoisotopic (exact) mass is 362 g/mol. The predicted molar refractivity (Wildman–Crippen MR) is 97.2 cm³/mol. The molecule has 126 valence electrons. The molecular formula is C19H20Cl2N2O. The molecule has 1 aromatic carbocycles. The lowest BCUT2D eigenvalue weighted by atomic mass is 9.94. The predicted octanol–water partition coefficient (Wildman–Crippen LogP) is 4.98. The first-order valence-corrected chi connectivity index (χ1v) is 9.03. The summed E-state index contributed by atoms with van der Waals surface area (Å²) in [6.07, 6.45) is 6.71. The van der Waals surface area contributed by atoms with Gasteiger partial charge in [0, 0.05) is 16.2 Å². The zero-order valence-electron chi connectivity index (χ0n) is 13.3. The van der Waals surface area contributed by atoms with E-state index in [-0.39, 0.29) is 18.4 Å². The number of hydrogen-bond acceptors (Lipinski definition) is 2. The lowest BCUT2D eigenvalue weighted by Gasteiger charge is -2.24. The summed E-state index contributed by atoms with van der Waals surface area (Å²) in [5.41, 5.74) is 1.71. The summed E-state index contributed by atoms with van der Waals surface area (Å²) in [6, 6.07) is 11.0. The van der Waals surface area contributed by atoms with E-state index in [2.05, 4.69) is 10.3 Å². The molecule has 3 rings (SSSR count). The standard InChI is InChI=1S/C19H20Cl2N2O/c20-15-9-8-14(16(21)12-15)11-18(24)23-19(13-5-1-2-6-13)17-7-3-4-10-22-17/h3-4,7-10,12-13,19H,1-2,5-6,11H2,(H,23,24). The van der Waals surface area contributed by atoms with Gasteiger partial charge in [-0.1, -0.05) is 48.2 Å². The molecule has 1 atom stereocenters. The number of carbonyl (C=O) groups is 1. The van der Waals surface area contributed by atoms with Crippen LogP contribution in [0.1, 0.15) is 43.0 Å². The lowest BCUT2D eigenvalue weighted by molar-refractivity contribution is -0.121. The van der Waals surface area contributed by atoms with Crippen molar-refractivity contribution in [2.45, 2.75) is 38.1 Å². The molecule has 3 nitrogen and oxygen atoms in total. The SMILES string of the molecule is O=C(Cc1ccc(Cl)cc1Cl)NC(c1ccccn1)C1CCCC1. The number of benzene rings is 1. The maximum Gasteiger partial charge on any atom is 0.225 e. The second-order valence-corrected chi connectivity index (χ2v) is 7.10. The van der Waals surface area contributed by atoms with E-state index in [4.69, 9.17) is 23.2 Å². The number of halogens is 2. The zero-order valence-corrected chi connectivity index (χ0v) is 14.9. The maximum atomic E-state index is 12.6. The molecule has 0 bridgehead atoms. The van der Waals surface area contributed by atoms with Gasteiger partial charge in [0.1, 0.15) is 0 Å². The van der Waals surface area contributed by atoms with E-state index in [0.717, 1.165) is 24.1 Å². The molecule has 5 heteroatoms. The van der Waals surface area contributed by atoms with Crippen LogP contribution in [0.25, 0.3) is 0 Å². The molecule has 1 aliphatic carbocycles. The normalized spacial score (nSPS) is 16.1. The number of nitrogens with zero attached hydrogens (tertiary/aromatic N) is 1. The average Bonchev–Trinajstić information content (AvgIpc) is 3.10. The molecule has 1 heterocycles. The summed E-state index contributed by atoms with van der Waals surface area (Å²) >= 11 is 12.1. The quantitative estimate of drug-likeness (QED) is 0.814. The molecule has 24 heavy (non-hydrogen) atoms. The molecule has 0 aliphatic heterocycles. The first-order chi connectivity index (χ1) is 11.6. The van der Waals surface area contributed by atoms with Crippen molar-refractivity contribution < 1.29 is 4.79 Å². The second-order valence-electron chi connectivity index (χ2n) is 6.26. The largest absolute Gasteiger partial charge is 0.347 e. The minimum Gasteiger partial charge on any atom is -0.347 e. The van der Waals surface area contributed by atoms with Gasteiger partial charge in [0.15, 0.2) is 0 Å². The van der Waals surface area contributed by atoms with Crippen LogP contribution in [0.4, 0.5) is 0 Å². The summed E-state index contributed by atoms with van der Waals surface area (Å²) in [5, 5.41) is 4.26. The van der Waals surface area contributed by atoms with Crippen LogP contribution < -0.4 is 5.32 Å². The van der Waals surface area contributed by atoms with Crippen molar-refractivity contribution in [3.63, 3.8) is 0 Å². The average molecular weight is 363 g/mol. The summed E-state index contributed by atoms with van der Waals surface area (Å²) in [7, 11) is 0. The van der Waals surface area contributed by atoms with Crippen molar-refractivity contribution in [1.82, 2.24) is 10.3 Å². The molecule has 1 N–H and O–H groups in total. The number of pyridine rings is 1. The van der Waals surface area contributed by atoms with Gasteiger partial charge in [0.2, 0.25) is 5.91 Å². The van der Waals surface area contributed by atoms with E-state index in [9.17, 15) is 4.79 Å². The fraction of sp³-hybridized carbons (Fsp3) is 0.368. The van der Waals surface area contributed by atoms with Crippen molar-refractivity contribution in [3.05, 3.63) is 63.9 Å². The van der Waals surface area contributed by atoms with Crippen molar-refractivity contribution in [2.75, 3.05) is 0 Å². The third-order valence-corrected chi connectivity index (χ3v) is 5.15. The Morgan fingerprint density at radius 2 is 2.00 bits per heavy atom. The highest BCUT2D eigenvalue weighted by molar-refractivity contribution is 6.35. The van der Waals surface area contributed by atoms with Gasteiger partial charge in [-0.15, -0.1) is 0 Å². The molecule has 0 saturated heterocycles.